The van der Waals surface area contributed by atoms with Crippen LogP contribution in [-0.2, 0) is 11.2 Å². The predicted octanol–water partition coefficient (Wildman–Crippen LogP) is 4.91. The number of fused-ring (bicyclic) bond motifs is 2. The Morgan fingerprint density at radius 2 is 2.18 bits per heavy atom. The standard InChI is InChI=1S/C23H19ClN2O2/c1-13-19(12-26-23-22(13)25-6-7-28-23)15-9-16-17(20(24)10-15)11-21(27)18(16)8-14-4-2-3-5-14/h2-4,8-10,12,25H,5-7,11H2,1H3/b18-8-. The fourth-order valence-electron chi connectivity index (χ4n) is 4.04. The molecule has 0 radical (unpaired) electrons. The molecule has 0 bridgehead atoms. The van der Waals surface area contributed by atoms with Crippen molar-refractivity contribution in [2.75, 3.05) is 18.5 Å². The highest BCUT2D eigenvalue weighted by molar-refractivity contribution is 6.35. The summed E-state index contributed by atoms with van der Waals surface area (Å²) in [6.45, 7) is 3.43. The fourth-order valence-corrected chi connectivity index (χ4v) is 4.33. The van der Waals surface area contributed by atoms with Gasteiger partial charge in [-0.25, -0.2) is 4.98 Å². The van der Waals surface area contributed by atoms with E-state index in [0.717, 1.165) is 57.6 Å². The van der Waals surface area contributed by atoms with Crippen LogP contribution in [0.4, 0.5) is 5.69 Å². The fraction of sp³-hybridized carbons (Fsp3) is 0.217. The van der Waals surface area contributed by atoms with Gasteiger partial charge in [0.2, 0.25) is 5.88 Å². The van der Waals surface area contributed by atoms with Crippen LogP contribution >= 0.6 is 11.6 Å². The molecule has 5 heteroatoms. The van der Waals surface area contributed by atoms with Gasteiger partial charge in [-0.05, 0) is 59.4 Å². The second kappa shape index (κ2) is 6.64. The van der Waals surface area contributed by atoms with Crippen LogP contribution in [0.15, 0.2) is 48.2 Å². The number of carbonyl (C=O) groups excluding carboxylic acids is 1. The molecule has 0 amide bonds. The smallest absolute Gasteiger partial charge is 0.237 e. The van der Waals surface area contributed by atoms with E-state index < -0.39 is 0 Å². The van der Waals surface area contributed by atoms with Gasteiger partial charge in [-0.15, -0.1) is 0 Å². The zero-order chi connectivity index (χ0) is 19.3. The molecule has 1 aromatic carbocycles. The minimum absolute atomic E-state index is 0.122. The van der Waals surface area contributed by atoms with Crippen LogP contribution in [0.5, 0.6) is 5.88 Å². The molecule has 0 unspecified atom stereocenters. The number of nitrogens with zero attached hydrogens (tertiary/aromatic N) is 1. The van der Waals surface area contributed by atoms with Gasteiger partial charge in [0.1, 0.15) is 12.3 Å². The van der Waals surface area contributed by atoms with Crippen molar-refractivity contribution in [2.45, 2.75) is 19.8 Å². The van der Waals surface area contributed by atoms with E-state index in [-0.39, 0.29) is 5.78 Å². The number of carbonyl (C=O) groups is 1. The average molecular weight is 391 g/mol. The van der Waals surface area contributed by atoms with Gasteiger partial charge >= 0.3 is 0 Å². The van der Waals surface area contributed by atoms with Crippen molar-refractivity contribution in [1.82, 2.24) is 4.98 Å². The number of anilines is 1. The largest absolute Gasteiger partial charge is 0.474 e. The second-order valence-electron chi connectivity index (χ2n) is 7.27. The lowest BCUT2D eigenvalue weighted by atomic mass is 9.96. The molecule has 0 saturated carbocycles. The number of hydrogen-bond donors (Lipinski definition) is 1. The van der Waals surface area contributed by atoms with Crippen molar-refractivity contribution in [3.8, 4) is 17.0 Å². The normalized spacial score (nSPS) is 18.6. The van der Waals surface area contributed by atoms with Gasteiger partial charge in [0, 0.05) is 35.3 Å². The highest BCUT2D eigenvalue weighted by Crippen LogP contribution is 2.41. The van der Waals surface area contributed by atoms with E-state index in [1.165, 1.54) is 0 Å². The average Bonchev–Trinajstić information content (AvgIpc) is 3.32. The van der Waals surface area contributed by atoms with Crippen LogP contribution in [0, 0.1) is 6.92 Å². The van der Waals surface area contributed by atoms with E-state index in [1.54, 1.807) is 0 Å². The Morgan fingerprint density at radius 1 is 1.29 bits per heavy atom. The molecular weight excluding hydrogens is 372 g/mol. The first-order valence-corrected chi connectivity index (χ1v) is 9.79. The summed E-state index contributed by atoms with van der Waals surface area (Å²) in [4.78, 5) is 17.1. The number of benzene rings is 1. The van der Waals surface area contributed by atoms with Gasteiger partial charge < -0.3 is 10.1 Å². The van der Waals surface area contributed by atoms with Crippen LogP contribution in [-0.4, -0.2) is 23.9 Å². The minimum atomic E-state index is 0.122. The van der Waals surface area contributed by atoms with Crippen molar-refractivity contribution in [3.05, 3.63) is 69.9 Å². The Morgan fingerprint density at radius 3 is 3.00 bits per heavy atom. The SMILES string of the molecule is Cc1c(-c2cc(Cl)c3c(c2)/C(=C/C2=CC=CC2)C(=O)C3)cnc2c1NCCO2. The van der Waals surface area contributed by atoms with Crippen LogP contribution < -0.4 is 10.1 Å². The van der Waals surface area contributed by atoms with Gasteiger partial charge in [-0.1, -0.05) is 29.8 Å². The third-order valence-corrected chi connectivity index (χ3v) is 5.85. The lowest BCUT2D eigenvalue weighted by Gasteiger charge is -2.21. The summed E-state index contributed by atoms with van der Waals surface area (Å²) in [6.07, 6.45) is 11.2. The molecule has 28 heavy (non-hydrogen) atoms. The summed E-state index contributed by atoms with van der Waals surface area (Å²) in [7, 11) is 0. The zero-order valence-corrected chi connectivity index (χ0v) is 16.3. The highest BCUT2D eigenvalue weighted by atomic mass is 35.5. The third kappa shape index (κ3) is 2.76. The van der Waals surface area contributed by atoms with Gasteiger partial charge in [0.15, 0.2) is 5.78 Å². The van der Waals surface area contributed by atoms with Gasteiger partial charge in [-0.2, -0.15) is 0 Å². The van der Waals surface area contributed by atoms with Crippen molar-refractivity contribution < 1.29 is 9.53 Å². The van der Waals surface area contributed by atoms with E-state index in [4.69, 9.17) is 16.3 Å². The Hall–Kier alpha value is -2.85. The molecule has 5 rings (SSSR count). The maximum Gasteiger partial charge on any atom is 0.237 e. The predicted molar refractivity (Wildman–Crippen MR) is 112 cm³/mol. The zero-order valence-electron chi connectivity index (χ0n) is 15.5. The lowest BCUT2D eigenvalue weighted by molar-refractivity contribution is -0.112. The van der Waals surface area contributed by atoms with E-state index in [1.807, 2.05) is 30.5 Å². The topological polar surface area (TPSA) is 51.2 Å². The number of halogens is 1. The van der Waals surface area contributed by atoms with Crippen LogP contribution in [0.2, 0.25) is 5.02 Å². The summed E-state index contributed by atoms with van der Waals surface area (Å²) in [5, 5.41) is 4.00. The van der Waals surface area contributed by atoms with Crippen molar-refractivity contribution >= 4 is 28.6 Å². The van der Waals surface area contributed by atoms with E-state index in [2.05, 4.69) is 29.4 Å². The molecule has 3 aliphatic rings. The lowest BCUT2D eigenvalue weighted by Crippen LogP contribution is -2.20. The van der Waals surface area contributed by atoms with Crippen LogP contribution in [0.25, 0.3) is 16.7 Å². The van der Waals surface area contributed by atoms with Gasteiger partial charge in [0.25, 0.3) is 0 Å². The Bertz CT molecular complexity index is 1110. The molecule has 0 spiro atoms. The monoisotopic (exact) mass is 390 g/mol. The van der Waals surface area contributed by atoms with Crippen LogP contribution in [0.1, 0.15) is 23.1 Å². The highest BCUT2D eigenvalue weighted by Gasteiger charge is 2.28. The molecule has 0 atom stereocenters. The number of pyridine rings is 1. The first kappa shape index (κ1) is 17.3. The van der Waals surface area contributed by atoms with E-state index in [9.17, 15) is 4.79 Å². The molecule has 1 aromatic heterocycles. The number of rotatable bonds is 2. The molecule has 2 aromatic rings. The van der Waals surface area contributed by atoms with E-state index >= 15 is 0 Å². The minimum Gasteiger partial charge on any atom is -0.474 e. The van der Waals surface area contributed by atoms with E-state index in [0.29, 0.717) is 23.9 Å². The molecule has 1 aliphatic heterocycles. The number of Topliss-reactive ketones (excluding diaryl/α,β-unsaturated/α-hetero) is 1. The van der Waals surface area contributed by atoms with Crippen molar-refractivity contribution in [1.29, 1.82) is 0 Å². The summed E-state index contributed by atoms with van der Waals surface area (Å²) in [6, 6.07) is 4.01. The summed E-state index contributed by atoms with van der Waals surface area (Å²) in [5.41, 5.74) is 7.68. The molecule has 2 heterocycles. The number of aromatic nitrogens is 1. The Balaban J connectivity index is 1.63. The Kier molecular flexibility index (Phi) is 4.09. The molecule has 0 saturated heterocycles. The first-order chi connectivity index (χ1) is 13.6. The number of ketones is 1. The molecular formula is C23H19ClN2O2. The Labute approximate surface area is 168 Å². The quantitative estimate of drug-likeness (QED) is 0.740. The summed E-state index contributed by atoms with van der Waals surface area (Å²) < 4.78 is 5.63. The van der Waals surface area contributed by atoms with Gasteiger partial charge in [0.05, 0.1) is 0 Å². The van der Waals surface area contributed by atoms with Crippen molar-refractivity contribution in [2.24, 2.45) is 0 Å². The van der Waals surface area contributed by atoms with Crippen molar-refractivity contribution in [3.63, 3.8) is 0 Å². The maximum atomic E-state index is 12.7. The number of allylic oxidation sites excluding steroid dienone is 6. The summed E-state index contributed by atoms with van der Waals surface area (Å²) >= 11 is 6.60. The maximum absolute atomic E-state index is 12.7. The third-order valence-electron chi connectivity index (χ3n) is 5.51. The molecule has 2 aliphatic carbocycles. The second-order valence-corrected chi connectivity index (χ2v) is 7.68. The number of nitrogens with one attached hydrogen (secondary N) is 1. The summed E-state index contributed by atoms with van der Waals surface area (Å²) in [5.74, 6) is 0.758. The number of hydrogen-bond acceptors (Lipinski definition) is 4. The molecule has 4 nitrogen and oxygen atoms in total. The molecule has 1 N–H and O–H groups in total. The number of ether oxygens (including phenoxy) is 1. The molecule has 0 fully saturated rings. The van der Waals surface area contributed by atoms with Gasteiger partial charge in [-0.3, -0.25) is 4.79 Å². The molecule has 140 valence electrons. The first-order valence-electron chi connectivity index (χ1n) is 9.42. The van der Waals surface area contributed by atoms with Crippen LogP contribution in [0.3, 0.4) is 0 Å².